The van der Waals surface area contributed by atoms with Crippen LogP contribution in [0, 0.1) is 0 Å². The topological polar surface area (TPSA) is 55.4 Å². The van der Waals surface area contributed by atoms with Gasteiger partial charge in [0.15, 0.2) is 6.61 Å². The van der Waals surface area contributed by atoms with Crippen LogP contribution in [-0.2, 0) is 4.79 Å². The van der Waals surface area contributed by atoms with Gasteiger partial charge in [0.2, 0.25) is 0 Å². The Kier molecular flexibility index (Phi) is 5.59. The van der Waals surface area contributed by atoms with E-state index in [4.69, 9.17) is 4.74 Å². The van der Waals surface area contributed by atoms with Gasteiger partial charge in [-0.2, -0.15) is 0 Å². The minimum Gasteiger partial charge on any atom is -0.484 e. The van der Waals surface area contributed by atoms with E-state index in [2.05, 4.69) is 5.32 Å². The molecular weight excluding hydrogens is 254 g/mol. The number of benzene rings is 1. The maximum absolute atomic E-state index is 11.8. The summed E-state index contributed by atoms with van der Waals surface area (Å²) < 4.78 is 5.41. The number of carbonyl (C=O) groups is 2. The minimum absolute atomic E-state index is 0.0247. The summed E-state index contributed by atoms with van der Waals surface area (Å²) in [5.41, 5.74) is 0.597. The number of rotatable bonds is 5. The van der Waals surface area contributed by atoms with Crippen LogP contribution in [0.5, 0.6) is 5.75 Å². The monoisotopic (exact) mass is 275 g/mol. The molecule has 0 atom stereocenters. The smallest absolute Gasteiger partial charge is 0.258 e. The first-order valence-corrected chi connectivity index (χ1v) is 7.25. The highest BCUT2D eigenvalue weighted by atomic mass is 16.5. The van der Waals surface area contributed by atoms with Crippen molar-refractivity contribution in [3.63, 3.8) is 0 Å². The molecule has 0 radical (unpaired) electrons. The number of nitrogens with one attached hydrogen (secondary N) is 1. The molecule has 0 aromatic heterocycles. The molecule has 1 saturated carbocycles. The lowest BCUT2D eigenvalue weighted by Crippen LogP contribution is -2.37. The van der Waals surface area contributed by atoms with Crippen LogP contribution in [-0.4, -0.2) is 24.8 Å². The van der Waals surface area contributed by atoms with Crippen molar-refractivity contribution in [1.82, 2.24) is 5.32 Å². The average molecular weight is 275 g/mol. The lowest BCUT2D eigenvalue weighted by Gasteiger charge is -2.16. The lowest BCUT2D eigenvalue weighted by atomic mass is 10.1. The molecule has 20 heavy (non-hydrogen) atoms. The van der Waals surface area contributed by atoms with Gasteiger partial charge in [-0.15, -0.1) is 0 Å². The first-order chi connectivity index (χ1) is 9.78. The molecule has 0 heterocycles. The second kappa shape index (κ2) is 7.68. The zero-order valence-electron chi connectivity index (χ0n) is 11.6. The van der Waals surface area contributed by atoms with Gasteiger partial charge < -0.3 is 10.1 Å². The van der Waals surface area contributed by atoms with Gasteiger partial charge in [-0.3, -0.25) is 9.59 Å². The molecule has 2 rings (SSSR count). The minimum atomic E-state index is -0.0728. The number of carbonyl (C=O) groups excluding carboxylic acids is 2. The van der Waals surface area contributed by atoms with Gasteiger partial charge in [-0.25, -0.2) is 0 Å². The Labute approximate surface area is 119 Å². The molecule has 1 aliphatic rings. The van der Waals surface area contributed by atoms with Crippen molar-refractivity contribution in [1.29, 1.82) is 0 Å². The second-order valence-corrected chi connectivity index (χ2v) is 5.23. The van der Waals surface area contributed by atoms with Crippen molar-refractivity contribution < 1.29 is 14.3 Å². The second-order valence-electron chi connectivity index (χ2n) is 5.23. The molecule has 0 unspecified atom stereocenters. The van der Waals surface area contributed by atoms with Crippen LogP contribution in [0.3, 0.4) is 0 Å². The highest BCUT2D eigenvalue weighted by Crippen LogP contribution is 2.17. The summed E-state index contributed by atoms with van der Waals surface area (Å²) in [7, 11) is 0. The SMILES string of the molecule is O=Cc1ccc(OCC(=O)NC2CCCCCC2)cc1. The first kappa shape index (κ1) is 14.6. The van der Waals surface area contributed by atoms with Crippen molar-refractivity contribution in [3.8, 4) is 5.75 Å². The lowest BCUT2D eigenvalue weighted by molar-refractivity contribution is -0.123. The van der Waals surface area contributed by atoms with Crippen molar-refractivity contribution in [2.75, 3.05) is 6.61 Å². The van der Waals surface area contributed by atoms with Crippen LogP contribution < -0.4 is 10.1 Å². The van der Waals surface area contributed by atoms with E-state index in [1.807, 2.05) is 0 Å². The molecule has 0 spiro atoms. The van der Waals surface area contributed by atoms with Gasteiger partial charge in [0.25, 0.3) is 5.91 Å². The van der Waals surface area contributed by atoms with Crippen LogP contribution >= 0.6 is 0 Å². The average Bonchev–Trinajstić information content (AvgIpc) is 2.74. The van der Waals surface area contributed by atoms with Gasteiger partial charge in [0, 0.05) is 11.6 Å². The third-order valence-corrected chi connectivity index (χ3v) is 3.61. The summed E-state index contributed by atoms with van der Waals surface area (Å²) in [6.45, 7) is 0.0247. The molecule has 0 bridgehead atoms. The van der Waals surface area contributed by atoms with E-state index >= 15 is 0 Å². The summed E-state index contributed by atoms with van der Waals surface area (Å²) >= 11 is 0. The quantitative estimate of drug-likeness (QED) is 0.664. The normalized spacial score (nSPS) is 16.2. The third kappa shape index (κ3) is 4.68. The molecule has 108 valence electrons. The van der Waals surface area contributed by atoms with Gasteiger partial charge in [0.05, 0.1) is 0 Å². The van der Waals surface area contributed by atoms with Crippen molar-refractivity contribution in [2.24, 2.45) is 0 Å². The van der Waals surface area contributed by atoms with E-state index in [1.165, 1.54) is 25.7 Å². The highest BCUT2D eigenvalue weighted by molar-refractivity contribution is 5.78. The molecule has 1 amide bonds. The molecule has 1 fully saturated rings. The van der Waals surface area contributed by atoms with Crippen LogP contribution in [0.4, 0.5) is 0 Å². The Bertz CT molecular complexity index is 434. The number of aldehydes is 1. The van der Waals surface area contributed by atoms with Crippen molar-refractivity contribution >= 4 is 12.2 Å². The standard InChI is InChI=1S/C16H21NO3/c18-11-13-7-9-15(10-8-13)20-12-16(19)17-14-5-3-1-2-4-6-14/h7-11,14H,1-6,12H2,(H,17,19). The third-order valence-electron chi connectivity index (χ3n) is 3.61. The molecule has 1 aromatic carbocycles. The Morgan fingerprint density at radius 3 is 2.40 bits per heavy atom. The van der Waals surface area contributed by atoms with Crippen LogP contribution in [0.1, 0.15) is 48.9 Å². The molecule has 0 aliphatic heterocycles. The predicted molar refractivity (Wildman–Crippen MR) is 77.0 cm³/mol. The number of hydrogen-bond acceptors (Lipinski definition) is 3. The highest BCUT2D eigenvalue weighted by Gasteiger charge is 2.14. The summed E-state index contributed by atoms with van der Waals surface area (Å²) in [6.07, 6.45) is 7.85. The van der Waals surface area contributed by atoms with E-state index < -0.39 is 0 Å². The Hall–Kier alpha value is -1.84. The molecule has 0 saturated heterocycles. The molecule has 1 N–H and O–H groups in total. The van der Waals surface area contributed by atoms with E-state index in [9.17, 15) is 9.59 Å². The van der Waals surface area contributed by atoms with Crippen molar-refractivity contribution in [3.05, 3.63) is 29.8 Å². The number of hydrogen-bond donors (Lipinski definition) is 1. The fraction of sp³-hybridized carbons (Fsp3) is 0.500. The van der Waals surface area contributed by atoms with Gasteiger partial charge in [-0.1, -0.05) is 25.7 Å². The van der Waals surface area contributed by atoms with E-state index in [0.717, 1.165) is 19.1 Å². The van der Waals surface area contributed by atoms with Gasteiger partial charge >= 0.3 is 0 Å². The molecular formula is C16H21NO3. The maximum atomic E-state index is 11.8. The predicted octanol–water partition coefficient (Wildman–Crippen LogP) is 2.72. The van der Waals surface area contributed by atoms with Gasteiger partial charge in [0.1, 0.15) is 12.0 Å². The van der Waals surface area contributed by atoms with E-state index in [-0.39, 0.29) is 12.5 Å². The number of ether oxygens (including phenoxy) is 1. The molecule has 4 nitrogen and oxygen atoms in total. The largest absolute Gasteiger partial charge is 0.484 e. The van der Waals surface area contributed by atoms with E-state index in [1.54, 1.807) is 24.3 Å². The zero-order valence-corrected chi connectivity index (χ0v) is 11.6. The molecule has 4 heteroatoms. The summed E-state index contributed by atoms with van der Waals surface area (Å²) in [4.78, 5) is 22.4. The molecule has 1 aromatic rings. The Morgan fingerprint density at radius 1 is 1.15 bits per heavy atom. The van der Waals surface area contributed by atoms with Crippen LogP contribution in [0.2, 0.25) is 0 Å². The van der Waals surface area contributed by atoms with Crippen LogP contribution in [0.15, 0.2) is 24.3 Å². The Balaban J connectivity index is 1.74. The van der Waals surface area contributed by atoms with Crippen molar-refractivity contribution in [2.45, 2.75) is 44.6 Å². The Morgan fingerprint density at radius 2 is 1.80 bits per heavy atom. The fourth-order valence-electron chi connectivity index (χ4n) is 2.48. The van der Waals surface area contributed by atoms with E-state index in [0.29, 0.717) is 17.4 Å². The fourth-order valence-corrected chi connectivity index (χ4v) is 2.48. The molecule has 1 aliphatic carbocycles. The summed E-state index contributed by atoms with van der Waals surface area (Å²) in [5.74, 6) is 0.531. The van der Waals surface area contributed by atoms with Gasteiger partial charge in [-0.05, 0) is 37.1 Å². The summed E-state index contributed by atoms with van der Waals surface area (Å²) in [5, 5.41) is 3.03. The zero-order chi connectivity index (χ0) is 14.2. The van der Waals surface area contributed by atoms with Crippen LogP contribution in [0.25, 0.3) is 0 Å². The maximum Gasteiger partial charge on any atom is 0.258 e. The first-order valence-electron chi connectivity index (χ1n) is 7.25. The number of amides is 1. The summed E-state index contributed by atoms with van der Waals surface area (Å²) in [6, 6.07) is 7.04.